The van der Waals surface area contributed by atoms with Crippen molar-refractivity contribution < 1.29 is 9.47 Å². The summed E-state index contributed by atoms with van der Waals surface area (Å²) >= 11 is 0. The van der Waals surface area contributed by atoms with Gasteiger partial charge in [0.05, 0.1) is 6.61 Å². The van der Waals surface area contributed by atoms with Gasteiger partial charge in [-0.25, -0.2) is 0 Å². The summed E-state index contributed by atoms with van der Waals surface area (Å²) < 4.78 is 12.4. The van der Waals surface area contributed by atoms with E-state index in [1.807, 2.05) is 0 Å². The number of hydrogen-bond acceptors (Lipinski definition) is 2. The molecule has 2 unspecified atom stereocenters. The first-order valence-corrected chi connectivity index (χ1v) is 10.3. The standard InChI is InChI=1S/C23H38O2/c1-6-18(2)20-12-14-21(15-13-20)25-22(23(3,4)5)24-17-16-19-10-8-7-9-11-19/h12-15,18-19,22H,6-11,16-17H2,1-5H3. The molecule has 1 aromatic rings. The lowest BCUT2D eigenvalue weighted by Crippen LogP contribution is -2.35. The molecule has 1 aliphatic rings. The molecule has 2 rings (SSSR count). The van der Waals surface area contributed by atoms with Crippen LogP contribution in [0.1, 0.15) is 91.0 Å². The lowest BCUT2D eigenvalue weighted by molar-refractivity contribution is -0.143. The number of benzene rings is 1. The Hall–Kier alpha value is -1.02. The van der Waals surface area contributed by atoms with Crippen molar-refractivity contribution in [3.05, 3.63) is 29.8 Å². The summed E-state index contributed by atoms with van der Waals surface area (Å²) in [6.45, 7) is 11.9. The van der Waals surface area contributed by atoms with Gasteiger partial charge in [-0.1, -0.05) is 78.9 Å². The van der Waals surface area contributed by atoms with Crippen molar-refractivity contribution >= 4 is 0 Å². The first-order valence-electron chi connectivity index (χ1n) is 10.3. The molecular weight excluding hydrogens is 308 g/mol. The molecule has 0 spiro atoms. The van der Waals surface area contributed by atoms with Crippen LogP contribution in [-0.4, -0.2) is 12.9 Å². The summed E-state index contributed by atoms with van der Waals surface area (Å²) in [6, 6.07) is 8.55. The van der Waals surface area contributed by atoms with Crippen molar-refractivity contribution in [1.29, 1.82) is 0 Å². The Morgan fingerprint density at radius 3 is 2.24 bits per heavy atom. The molecule has 0 N–H and O–H groups in total. The van der Waals surface area contributed by atoms with Crippen LogP contribution >= 0.6 is 0 Å². The van der Waals surface area contributed by atoms with E-state index in [1.165, 1.54) is 44.1 Å². The van der Waals surface area contributed by atoms with Crippen LogP contribution in [0.2, 0.25) is 0 Å². The molecule has 0 amide bonds. The average Bonchev–Trinajstić information content (AvgIpc) is 2.61. The van der Waals surface area contributed by atoms with E-state index in [1.54, 1.807) is 0 Å². The highest BCUT2D eigenvalue weighted by Gasteiger charge is 2.28. The fourth-order valence-electron chi connectivity index (χ4n) is 3.51. The van der Waals surface area contributed by atoms with Gasteiger partial charge in [-0.05, 0) is 42.4 Å². The maximum atomic E-state index is 6.21. The molecule has 2 nitrogen and oxygen atoms in total. The second kappa shape index (κ2) is 9.62. The van der Waals surface area contributed by atoms with Gasteiger partial charge in [-0.2, -0.15) is 0 Å². The SMILES string of the molecule is CCC(C)c1ccc(OC(OCCC2CCCCC2)C(C)(C)C)cc1. The van der Waals surface area contributed by atoms with Crippen molar-refractivity contribution in [3.8, 4) is 5.75 Å². The van der Waals surface area contributed by atoms with Crippen molar-refractivity contribution in [2.45, 2.75) is 91.8 Å². The summed E-state index contributed by atoms with van der Waals surface area (Å²) in [5.41, 5.74) is 1.34. The van der Waals surface area contributed by atoms with E-state index in [9.17, 15) is 0 Å². The third-order valence-corrected chi connectivity index (χ3v) is 5.53. The molecular formula is C23H38O2. The molecule has 1 saturated carbocycles. The predicted octanol–water partition coefficient (Wildman–Crippen LogP) is 6.94. The Morgan fingerprint density at radius 1 is 1.04 bits per heavy atom. The van der Waals surface area contributed by atoms with Gasteiger partial charge in [-0.15, -0.1) is 0 Å². The van der Waals surface area contributed by atoms with Crippen LogP contribution in [-0.2, 0) is 4.74 Å². The van der Waals surface area contributed by atoms with E-state index >= 15 is 0 Å². The third kappa shape index (κ3) is 6.66. The van der Waals surface area contributed by atoms with E-state index in [-0.39, 0.29) is 11.7 Å². The van der Waals surface area contributed by atoms with Crippen LogP contribution in [0.25, 0.3) is 0 Å². The maximum Gasteiger partial charge on any atom is 0.204 e. The zero-order chi connectivity index (χ0) is 18.3. The van der Waals surface area contributed by atoms with Crippen molar-refractivity contribution in [1.82, 2.24) is 0 Å². The summed E-state index contributed by atoms with van der Waals surface area (Å²) in [7, 11) is 0. The number of hydrogen-bond donors (Lipinski definition) is 0. The van der Waals surface area contributed by atoms with E-state index in [4.69, 9.17) is 9.47 Å². The first-order chi connectivity index (χ1) is 11.9. The molecule has 0 bridgehead atoms. The van der Waals surface area contributed by atoms with Gasteiger partial charge in [0, 0.05) is 5.41 Å². The van der Waals surface area contributed by atoms with Gasteiger partial charge in [-0.3, -0.25) is 0 Å². The molecule has 0 aromatic heterocycles. The Balaban J connectivity index is 1.88. The Kier molecular flexibility index (Phi) is 7.81. The van der Waals surface area contributed by atoms with Crippen LogP contribution in [0.4, 0.5) is 0 Å². The fourth-order valence-corrected chi connectivity index (χ4v) is 3.51. The number of ether oxygens (including phenoxy) is 2. The second-order valence-corrected chi connectivity index (χ2v) is 8.86. The summed E-state index contributed by atoms with van der Waals surface area (Å²) in [6.07, 6.45) is 9.09. The molecule has 0 heterocycles. The molecule has 1 aliphatic carbocycles. The highest BCUT2D eigenvalue weighted by Crippen LogP contribution is 2.30. The van der Waals surface area contributed by atoms with Crippen LogP contribution in [0.3, 0.4) is 0 Å². The lowest BCUT2D eigenvalue weighted by Gasteiger charge is -2.32. The zero-order valence-electron chi connectivity index (χ0n) is 17.0. The van der Waals surface area contributed by atoms with Crippen molar-refractivity contribution in [2.24, 2.45) is 11.3 Å². The maximum absolute atomic E-state index is 6.21. The first kappa shape index (κ1) is 20.3. The van der Waals surface area contributed by atoms with Gasteiger partial charge < -0.3 is 9.47 Å². The van der Waals surface area contributed by atoms with Gasteiger partial charge >= 0.3 is 0 Å². The highest BCUT2D eigenvalue weighted by molar-refractivity contribution is 5.29. The van der Waals surface area contributed by atoms with Gasteiger partial charge in [0.25, 0.3) is 0 Å². The zero-order valence-corrected chi connectivity index (χ0v) is 17.0. The molecule has 2 heteroatoms. The van der Waals surface area contributed by atoms with Gasteiger partial charge in [0.2, 0.25) is 6.29 Å². The Labute approximate surface area is 155 Å². The minimum Gasteiger partial charge on any atom is -0.464 e. The molecule has 1 fully saturated rings. The average molecular weight is 347 g/mol. The quantitative estimate of drug-likeness (QED) is 0.475. The minimum absolute atomic E-state index is 0.0397. The van der Waals surface area contributed by atoms with E-state index in [2.05, 4.69) is 58.9 Å². The Morgan fingerprint density at radius 2 is 1.68 bits per heavy atom. The normalized spacial score (nSPS) is 18.8. The van der Waals surface area contributed by atoms with Crippen LogP contribution in [0.15, 0.2) is 24.3 Å². The summed E-state index contributed by atoms with van der Waals surface area (Å²) in [4.78, 5) is 0. The molecule has 25 heavy (non-hydrogen) atoms. The fraction of sp³-hybridized carbons (Fsp3) is 0.739. The van der Waals surface area contributed by atoms with Gasteiger partial charge in [0.15, 0.2) is 0 Å². The molecule has 0 aliphatic heterocycles. The van der Waals surface area contributed by atoms with Crippen LogP contribution in [0, 0.1) is 11.3 Å². The topological polar surface area (TPSA) is 18.5 Å². The van der Waals surface area contributed by atoms with Crippen LogP contribution < -0.4 is 4.74 Å². The Bertz CT molecular complexity index is 480. The molecule has 142 valence electrons. The smallest absolute Gasteiger partial charge is 0.204 e. The van der Waals surface area contributed by atoms with Crippen molar-refractivity contribution in [2.75, 3.05) is 6.61 Å². The second-order valence-electron chi connectivity index (χ2n) is 8.86. The monoisotopic (exact) mass is 346 g/mol. The molecule has 2 atom stereocenters. The highest BCUT2D eigenvalue weighted by atomic mass is 16.7. The van der Waals surface area contributed by atoms with Crippen molar-refractivity contribution in [3.63, 3.8) is 0 Å². The minimum atomic E-state index is -0.203. The summed E-state index contributed by atoms with van der Waals surface area (Å²) in [5, 5.41) is 0. The van der Waals surface area contributed by atoms with E-state index in [0.717, 1.165) is 24.7 Å². The lowest BCUT2D eigenvalue weighted by atomic mass is 9.87. The third-order valence-electron chi connectivity index (χ3n) is 5.53. The van der Waals surface area contributed by atoms with E-state index < -0.39 is 0 Å². The molecule has 0 saturated heterocycles. The number of rotatable bonds is 8. The van der Waals surface area contributed by atoms with E-state index in [0.29, 0.717) is 5.92 Å². The predicted molar refractivity (Wildman–Crippen MR) is 106 cm³/mol. The largest absolute Gasteiger partial charge is 0.464 e. The molecule has 0 radical (unpaired) electrons. The van der Waals surface area contributed by atoms with Crippen LogP contribution in [0.5, 0.6) is 5.75 Å². The summed E-state index contributed by atoms with van der Waals surface area (Å²) in [5.74, 6) is 2.35. The van der Waals surface area contributed by atoms with Gasteiger partial charge in [0.1, 0.15) is 5.75 Å². The molecule has 1 aromatic carbocycles.